The molecule has 4 heteroatoms. The summed E-state index contributed by atoms with van der Waals surface area (Å²) in [5, 5.41) is 2.22. The molecule has 8 aromatic rings. The van der Waals surface area contributed by atoms with Crippen molar-refractivity contribution in [1.82, 2.24) is 9.97 Å². The van der Waals surface area contributed by atoms with Crippen LogP contribution in [0.2, 0.25) is 0 Å². The SMILES string of the molecule is CC(C)(c1ccccc1)c1ccnc(-c2[c-]cccc2)c1.[2H]C([2H])([2H])c1cc(-c2[c-]cc3oc4ccc5c(c4c3c2)CCCC5)ncc1-c1ccccc1.[Ir]. The Morgan fingerprint density at radius 2 is 1.48 bits per heavy atom. The molecule has 0 aliphatic heterocycles. The predicted octanol–water partition coefficient (Wildman–Crippen LogP) is 12.2. The van der Waals surface area contributed by atoms with Gasteiger partial charge < -0.3 is 14.4 Å². The molecule has 3 nitrogen and oxygen atoms in total. The molecule has 5 aromatic carbocycles. The second kappa shape index (κ2) is 15.2. The van der Waals surface area contributed by atoms with Crippen LogP contribution in [0.4, 0.5) is 0 Å². The Kier molecular flexibility index (Phi) is 9.24. The Bertz CT molecular complexity index is 2570. The summed E-state index contributed by atoms with van der Waals surface area (Å²) in [6, 6.07) is 48.7. The van der Waals surface area contributed by atoms with Crippen LogP contribution in [0.3, 0.4) is 0 Å². The van der Waals surface area contributed by atoms with E-state index in [1.807, 2.05) is 72.9 Å². The summed E-state index contributed by atoms with van der Waals surface area (Å²) in [7, 11) is 0. The molecule has 0 saturated heterocycles. The fourth-order valence-corrected chi connectivity index (χ4v) is 7.20. The fraction of sp³-hybridized carbons (Fsp3) is 0.167. The summed E-state index contributed by atoms with van der Waals surface area (Å²) < 4.78 is 30.5. The second-order valence-electron chi connectivity index (χ2n) is 13.7. The van der Waals surface area contributed by atoms with Crippen molar-refractivity contribution in [2.75, 3.05) is 0 Å². The van der Waals surface area contributed by atoms with E-state index in [0.717, 1.165) is 51.8 Å². The normalized spacial score (nSPS) is 13.5. The van der Waals surface area contributed by atoms with Gasteiger partial charge in [-0.3, -0.25) is 0 Å². The minimum absolute atomic E-state index is 0. The van der Waals surface area contributed by atoms with Crippen molar-refractivity contribution < 1.29 is 28.6 Å². The van der Waals surface area contributed by atoms with Gasteiger partial charge in [0.15, 0.2) is 0 Å². The first kappa shape index (κ1) is 31.6. The summed E-state index contributed by atoms with van der Waals surface area (Å²) >= 11 is 0. The summed E-state index contributed by atoms with van der Waals surface area (Å²) in [4.78, 5) is 9.13. The number of aryl methyl sites for hydroxylation is 3. The number of nitrogens with zero attached hydrogens (tertiary/aromatic N) is 2. The Balaban J connectivity index is 0.000000183. The number of hydrogen-bond donors (Lipinski definition) is 0. The minimum Gasteiger partial charge on any atom is -0.500 e. The molecule has 52 heavy (non-hydrogen) atoms. The van der Waals surface area contributed by atoms with Crippen LogP contribution < -0.4 is 0 Å². The molecule has 0 bridgehead atoms. The molecular weight excluding hydrogens is 813 g/mol. The quantitative estimate of drug-likeness (QED) is 0.162. The van der Waals surface area contributed by atoms with Crippen molar-refractivity contribution in [1.29, 1.82) is 0 Å². The number of hydrogen-bond acceptors (Lipinski definition) is 3. The average Bonchev–Trinajstić information content (AvgIpc) is 3.60. The molecule has 0 N–H and O–H groups in total. The van der Waals surface area contributed by atoms with E-state index in [4.69, 9.17) is 8.53 Å². The number of aromatic nitrogens is 2. The van der Waals surface area contributed by atoms with Gasteiger partial charge in [-0.05, 0) is 89.4 Å². The van der Waals surface area contributed by atoms with Crippen molar-refractivity contribution in [2.24, 2.45) is 0 Å². The molecule has 0 atom stereocenters. The van der Waals surface area contributed by atoms with Gasteiger partial charge >= 0.3 is 0 Å². The maximum Gasteiger partial charge on any atom is 0.121 e. The van der Waals surface area contributed by atoms with E-state index in [1.54, 1.807) is 12.3 Å². The van der Waals surface area contributed by atoms with Crippen LogP contribution in [-0.2, 0) is 38.4 Å². The standard InChI is InChI=1S/C28H22NO.C20H18N.Ir/c1-18-15-25(29-17-24(18)19-7-3-2-4-8-19)21-12-13-26-23(16-21)28-22-10-6-5-9-20(22)11-14-27(28)30-26;1-20(2,17-11-7-4-8-12-17)18-13-14-21-19(15-18)16-9-5-3-6-10-16;/h2-4,7-8,11,13-17H,5-6,9-10H2,1H3;3-9,11-15H,1-2H3;/q2*-1;/i1D3;;. The zero-order chi connectivity index (χ0) is 37.3. The van der Waals surface area contributed by atoms with Gasteiger partial charge in [-0.1, -0.05) is 98.1 Å². The smallest absolute Gasteiger partial charge is 0.121 e. The number of pyridine rings is 2. The fourth-order valence-electron chi connectivity index (χ4n) is 7.20. The summed E-state index contributed by atoms with van der Waals surface area (Å²) in [5.41, 5.74) is 12.1. The number of furan rings is 1. The van der Waals surface area contributed by atoms with E-state index in [9.17, 15) is 0 Å². The van der Waals surface area contributed by atoms with Crippen molar-refractivity contribution >= 4 is 21.9 Å². The maximum atomic E-state index is 8.12. The zero-order valence-electron chi connectivity index (χ0n) is 32.2. The van der Waals surface area contributed by atoms with E-state index in [-0.39, 0.29) is 25.5 Å². The van der Waals surface area contributed by atoms with Gasteiger partial charge in [0.1, 0.15) is 5.58 Å². The molecule has 0 saturated carbocycles. The molecule has 1 aliphatic carbocycles. The van der Waals surface area contributed by atoms with Gasteiger partial charge in [0.25, 0.3) is 0 Å². The van der Waals surface area contributed by atoms with Crippen LogP contribution in [0, 0.1) is 19.0 Å². The first-order chi connectivity index (χ1) is 26.2. The third kappa shape index (κ3) is 7.02. The molecule has 9 rings (SSSR count). The van der Waals surface area contributed by atoms with Crippen LogP contribution >= 0.6 is 0 Å². The number of benzene rings is 5. The minimum atomic E-state index is -2.26. The zero-order valence-corrected chi connectivity index (χ0v) is 31.6. The van der Waals surface area contributed by atoms with Crippen LogP contribution in [-0.4, -0.2) is 9.97 Å². The summed E-state index contributed by atoms with van der Waals surface area (Å²) in [6.45, 7) is 2.24. The third-order valence-corrected chi connectivity index (χ3v) is 10.1. The Labute approximate surface area is 324 Å². The van der Waals surface area contributed by atoms with Crippen molar-refractivity contribution in [3.63, 3.8) is 0 Å². The van der Waals surface area contributed by atoms with Crippen LogP contribution in [0.1, 0.15) is 58.6 Å². The molecule has 259 valence electrons. The van der Waals surface area contributed by atoms with E-state index >= 15 is 0 Å². The molecule has 0 unspecified atom stereocenters. The van der Waals surface area contributed by atoms with E-state index in [1.165, 1.54) is 40.5 Å². The number of fused-ring (bicyclic) bond motifs is 5. The molecule has 0 spiro atoms. The Hall–Kier alpha value is -5.15. The monoisotopic (exact) mass is 856 g/mol. The summed E-state index contributed by atoms with van der Waals surface area (Å²) in [6.07, 6.45) is 8.13. The predicted molar refractivity (Wildman–Crippen MR) is 210 cm³/mol. The van der Waals surface area contributed by atoms with Gasteiger partial charge in [0, 0.05) is 53.0 Å². The van der Waals surface area contributed by atoms with Crippen LogP contribution in [0.5, 0.6) is 0 Å². The van der Waals surface area contributed by atoms with Crippen molar-refractivity contribution in [3.8, 4) is 33.6 Å². The molecule has 0 amide bonds. The third-order valence-electron chi connectivity index (χ3n) is 10.1. The largest absolute Gasteiger partial charge is 0.500 e. The van der Waals surface area contributed by atoms with E-state index in [0.29, 0.717) is 16.8 Å². The van der Waals surface area contributed by atoms with Gasteiger partial charge in [-0.25, -0.2) is 0 Å². The molecule has 1 aliphatic rings. The van der Waals surface area contributed by atoms with Crippen LogP contribution in [0.15, 0.2) is 144 Å². The van der Waals surface area contributed by atoms with E-state index in [2.05, 4.69) is 90.5 Å². The number of rotatable bonds is 5. The Morgan fingerprint density at radius 3 is 2.27 bits per heavy atom. The van der Waals surface area contributed by atoms with Crippen molar-refractivity contribution in [2.45, 2.75) is 51.8 Å². The average molecular weight is 856 g/mol. The molecular formula is C48H40IrN2O-2. The second-order valence-corrected chi connectivity index (χ2v) is 13.7. The molecule has 3 aromatic heterocycles. The van der Waals surface area contributed by atoms with Gasteiger partial charge in [0.2, 0.25) is 0 Å². The molecule has 1 radical (unpaired) electrons. The topological polar surface area (TPSA) is 38.9 Å². The van der Waals surface area contributed by atoms with Crippen molar-refractivity contribution in [3.05, 3.63) is 180 Å². The maximum absolute atomic E-state index is 8.12. The van der Waals surface area contributed by atoms with Gasteiger partial charge in [-0.15, -0.1) is 59.7 Å². The Morgan fingerprint density at radius 1 is 0.712 bits per heavy atom. The van der Waals surface area contributed by atoms with Gasteiger partial charge in [-0.2, -0.15) is 0 Å². The first-order valence-corrected chi connectivity index (χ1v) is 17.6. The molecule has 3 heterocycles. The molecule has 0 fully saturated rings. The summed E-state index contributed by atoms with van der Waals surface area (Å²) in [5.74, 6) is 0. The van der Waals surface area contributed by atoms with Crippen LogP contribution in [0.25, 0.3) is 55.6 Å². The van der Waals surface area contributed by atoms with E-state index < -0.39 is 6.85 Å². The van der Waals surface area contributed by atoms with Gasteiger partial charge in [0.05, 0.1) is 5.58 Å². The first-order valence-electron chi connectivity index (χ1n) is 19.1.